The van der Waals surface area contributed by atoms with E-state index in [-0.39, 0.29) is 34.5 Å². The van der Waals surface area contributed by atoms with Crippen molar-refractivity contribution >= 4 is 20.4 Å². The molecule has 0 amide bonds. The molecular formula is C32H41F3O9S2. The van der Waals surface area contributed by atoms with Crippen LogP contribution in [0.1, 0.15) is 20.8 Å². The summed E-state index contributed by atoms with van der Waals surface area (Å²) in [5.41, 5.74) is 0. The molecule has 0 aliphatic rings. The molecule has 0 aliphatic heterocycles. The Balaban J connectivity index is 2.25. The second kappa shape index (κ2) is 18.4. The Hall–Kier alpha value is -3.01. The molecule has 0 spiro atoms. The Bertz CT molecular complexity index is 1320. The molecule has 0 bridgehead atoms. The Labute approximate surface area is 270 Å². The Kier molecular flexibility index (Phi) is 14.9. The topological polar surface area (TPSA) is 98.8 Å². The normalized spacial score (nSPS) is 12.6. The number of hydrogen-bond acceptors (Lipinski definition) is 9. The maximum atomic E-state index is 13.6. The van der Waals surface area contributed by atoms with Crippen LogP contribution < -0.4 is 14.2 Å². The highest BCUT2D eigenvalue weighted by Gasteiger charge is 2.43. The zero-order chi connectivity index (χ0) is 33.5. The molecule has 256 valence electrons. The molecule has 0 aliphatic carbocycles. The maximum absolute atomic E-state index is 13.6. The minimum absolute atomic E-state index is 0.194. The Morgan fingerprint density at radius 2 is 0.913 bits per heavy atom. The van der Waals surface area contributed by atoms with E-state index in [2.05, 4.69) is 0 Å². The average Bonchev–Trinajstić information content (AvgIpc) is 3.02. The molecule has 0 atom stereocenters. The lowest BCUT2D eigenvalue weighted by Gasteiger charge is -2.39. The van der Waals surface area contributed by atoms with Crippen molar-refractivity contribution in [1.82, 2.24) is 0 Å². The van der Waals surface area contributed by atoms with E-state index >= 15 is 0 Å². The molecule has 0 heterocycles. The third-order valence-electron chi connectivity index (χ3n) is 6.06. The van der Waals surface area contributed by atoms with Gasteiger partial charge in [0, 0.05) is 34.5 Å². The molecule has 3 rings (SSSR count). The van der Waals surface area contributed by atoms with Crippen LogP contribution in [0.4, 0.5) is 13.2 Å². The van der Waals surface area contributed by atoms with E-state index in [0.29, 0.717) is 56.9 Å². The van der Waals surface area contributed by atoms with Crippen molar-refractivity contribution in [3.05, 3.63) is 72.8 Å². The number of benzene rings is 3. The van der Waals surface area contributed by atoms with Crippen molar-refractivity contribution in [1.29, 1.82) is 0 Å². The van der Waals surface area contributed by atoms with E-state index in [1.165, 1.54) is 0 Å². The standard InChI is InChI=1S/C32H41F3O9S2/c1-4-38-16-19-41-26-10-7-13-29(22-26)46(44-45(36,37)25-32(33,34)35,30-14-8-11-27(23-30)42-20-17-39-5-2)31-15-9-12-28(24-31)43-21-18-40-6-3/h7-15,22-24H,4-6,16-21,25H2,1-3H3. The first-order chi connectivity index (χ1) is 22.0. The molecule has 3 aromatic rings. The molecule has 0 unspecified atom stereocenters. The largest absolute Gasteiger partial charge is 0.491 e. The smallest absolute Gasteiger partial charge is 0.405 e. The lowest BCUT2D eigenvalue weighted by molar-refractivity contribution is -0.107. The fourth-order valence-electron chi connectivity index (χ4n) is 4.22. The van der Waals surface area contributed by atoms with Gasteiger partial charge in [-0.3, -0.25) is 0 Å². The molecular weight excluding hydrogens is 649 g/mol. The Morgan fingerprint density at radius 3 is 1.22 bits per heavy atom. The summed E-state index contributed by atoms with van der Waals surface area (Å²) in [4.78, 5) is 0.806. The monoisotopic (exact) mass is 690 g/mol. The van der Waals surface area contributed by atoms with Gasteiger partial charge in [-0.15, -0.1) is 0 Å². The highest BCUT2D eigenvalue weighted by atomic mass is 32.3. The lowest BCUT2D eigenvalue weighted by Crippen LogP contribution is -2.26. The summed E-state index contributed by atoms with van der Waals surface area (Å²) in [6, 6.07) is 19.3. The van der Waals surface area contributed by atoms with E-state index in [4.69, 9.17) is 32.1 Å². The molecule has 0 fully saturated rings. The second-order valence-corrected chi connectivity index (χ2v) is 14.0. The fraction of sp³-hybridized carbons (Fsp3) is 0.438. The van der Waals surface area contributed by atoms with Gasteiger partial charge < -0.3 is 28.4 Å². The van der Waals surface area contributed by atoms with Gasteiger partial charge in [-0.25, -0.2) is 3.63 Å². The van der Waals surface area contributed by atoms with E-state index in [0.717, 1.165) is 0 Å². The third-order valence-corrected chi connectivity index (χ3v) is 11.1. The second-order valence-electron chi connectivity index (χ2n) is 9.50. The van der Waals surface area contributed by atoms with Crippen LogP contribution in [-0.4, -0.2) is 79.8 Å². The highest BCUT2D eigenvalue weighted by Crippen LogP contribution is 2.71. The van der Waals surface area contributed by atoms with Gasteiger partial charge in [-0.1, -0.05) is 18.2 Å². The van der Waals surface area contributed by atoms with Gasteiger partial charge in [-0.05, 0) is 85.7 Å². The molecule has 0 saturated heterocycles. The molecule has 0 N–H and O–H groups in total. The van der Waals surface area contributed by atoms with E-state index in [9.17, 15) is 21.6 Å². The van der Waals surface area contributed by atoms with Gasteiger partial charge in [0.25, 0.3) is 10.1 Å². The van der Waals surface area contributed by atoms with Crippen LogP contribution in [0.2, 0.25) is 0 Å². The summed E-state index contributed by atoms with van der Waals surface area (Å²) in [7, 11) is -8.68. The first kappa shape index (κ1) is 37.4. The number of halogens is 3. The van der Waals surface area contributed by atoms with Crippen LogP contribution in [-0.2, 0) is 28.0 Å². The first-order valence-corrected chi connectivity index (χ1v) is 17.9. The number of hydrogen-bond donors (Lipinski definition) is 0. The van der Waals surface area contributed by atoms with Gasteiger partial charge in [0.05, 0.1) is 19.8 Å². The summed E-state index contributed by atoms with van der Waals surface area (Å²) in [5.74, 6) is -1.15. The van der Waals surface area contributed by atoms with Gasteiger partial charge >= 0.3 is 6.18 Å². The third kappa shape index (κ3) is 11.7. The first-order valence-electron chi connectivity index (χ1n) is 14.8. The summed E-state index contributed by atoms with van der Waals surface area (Å²) < 4.78 is 107. The van der Waals surface area contributed by atoms with Crippen molar-refractivity contribution in [2.75, 3.05) is 65.2 Å². The van der Waals surface area contributed by atoms with Crippen molar-refractivity contribution < 1.29 is 53.6 Å². The summed E-state index contributed by atoms with van der Waals surface area (Å²) in [6.07, 6.45) is -5.05. The van der Waals surface area contributed by atoms with E-state index in [1.54, 1.807) is 72.8 Å². The van der Waals surface area contributed by atoms with Crippen molar-refractivity contribution in [3.63, 3.8) is 0 Å². The predicted molar refractivity (Wildman–Crippen MR) is 169 cm³/mol. The quantitative estimate of drug-likeness (QED) is 0.109. The van der Waals surface area contributed by atoms with Crippen LogP contribution in [0.25, 0.3) is 0 Å². The molecule has 14 heteroatoms. The minimum atomic E-state index is -5.22. The van der Waals surface area contributed by atoms with Crippen LogP contribution >= 0.6 is 10.3 Å². The van der Waals surface area contributed by atoms with Crippen LogP contribution in [0.3, 0.4) is 0 Å². The number of alkyl halides is 3. The van der Waals surface area contributed by atoms with Crippen molar-refractivity contribution in [2.45, 2.75) is 41.6 Å². The number of rotatable bonds is 21. The molecule has 3 aromatic carbocycles. The zero-order valence-electron chi connectivity index (χ0n) is 26.1. The van der Waals surface area contributed by atoms with Gasteiger partial charge in [0.1, 0.15) is 37.1 Å². The minimum Gasteiger partial charge on any atom is -0.491 e. The molecule has 9 nitrogen and oxygen atoms in total. The average molecular weight is 691 g/mol. The molecule has 0 aromatic heterocycles. The van der Waals surface area contributed by atoms with E-state index in [1.807, 2.05) is 20.8 Å². The van der Waals surface area contributed by atoms with Crippen LogP contribution in [0.15, 0.2) is 87.5 Å². The molecule has 0 radical (unpaired) electrons. The SMILES string of the molecule is CCOCCOc1cccc(S(OS(=O)(=O)CC(F)(F)F)(c2cccc(OCCOCC)c2)c2cccc(OCCOCC)c2)c1. The van der Waals surface area contributed by atoms with Gasteiger partial charge in [0.15, 0.2) is 5.75 Å². The molecule has 46 heavy (non-hydrogen) atoms. The van der Waals surface area contributed by atoms with Crippen LogP contribution in [0.5, 0.6) is 17.2 Å². The van der Waals surface area contributed by atoms with Crippen LogP contribution in [0, 0.1) is 0 Å². The maximum Gasteiger partial charge on any atom is 0.405 e. The zero-order valence-corrected chi connectivity index (χ0v) is 27.8. The summed E-state index contributed by atoms with van der Waals surface area (Å²) in [5, 5.41) is 0. The molecule has 0 saturated carbocycles. The Morgan fingerprint density at radius 1 is 0.565 bits per heavy atom. The van der Waals surface area contributed by atoms with Crippen molar-refractivity contribution in [3.8, 4) is 17.2 Å². The summed E-state index contributed by atoms with van der Waals surface area (Å²) in [6.45, 7) is 8.51. The predicted octanol–water partition coefficient (Wildman–Crippen LogP) is 7.04. The highest BCUT2D eigenvalue weighted by molar-refractivity contribution is 8.33. The van der Waals surface area contributed by atoms with Gasteiger partial charge in [0.2, 0.25) is 0 Å². The lowest BCUT2D eigenvalue weighted by atomic mass is 10.3. The fourth-order valence-corrected chi connectivity index (χ4v) is 9.48. The van der Waals surface area contributed by atoms with Crippen molar-refractivity contribution in [2.24, 2.45) is 0 Å². The summed E-state index contributed by atoms with van der Waals surface area (Å²) >= 11 is 0. The number of ether oxygens (including phenoxy) is 6. The van der Waals surface area contributed by atoms with E-state index < -0.39 is 32.4 Å². The van der Waals surface area contributed by atoms with Gasteiger partial charge in [-0.2, -0.15) is 21.6 Å².